The lowest BCUT2D eigenvalue weighted by Crippen LogP contribution is -2.36. The van der Waals surface area contributed by atoms with Gasteiger partial charge in [0.05, 0.1) is 18.0 Å². The number of aliphatic hydroxyl groups excluding tert-OH is 1. The molecule has 1 aliphatic rings. The summed E-state index contributed by atoms with van der Waals surface area (Å²) in [6, 6.07) is 3.26. The molecular formula is C13H23N3O. The van der Waals surface area contributed by atoms with Gasteiger partial charge in [0, 0.05) is 25.6 Å². The summed E-state index contributed by atoms with van der Waals surface area (Å²) in [4.78, 5) is 2.56. The Kier molecular flexibility index (Phi) is 3.84. The molecule has 1 fully saturated rings. The zero-order valence-corrected chi connectivity index (χ0v) is 11.1. The van der Waals surface area contributed by atoms with Crippen molar-refractivity contribution in [3.63, 3.8) is 0 Å². The van der Waals surface area contributed by atoms with Crippen molar-refractivity contribution >= 4 is 0 Å². The Morgan fingerprint density at radius 1 is 1.53 bits per heavy atom. The molecule has 0 amide bonds. The lowest BCUT2D eigenvalue weighted by molar-refractivity contribution is 0.202. The number of hydrogen-bond donors (Lipinski definition) is 1. The molecule has 0 aromatic carbocycles. The summed E-state index contributed by atoms with van der Waals surface area (Å²) in [5.74, 6) is 0. The zero-order valence-electron chi connectivity index (χ0n) is 11.1. The van der Waals surface area contributed by atoms with E-state index in [4.69, 9.17) is 5.11 Å². The van der Waals surface area contributed by atoms with Crippen molar-refractivity contribution in [3.05, 3.63) is 17.5 Å². The summed E-state index contributed by atoms with van der Waals surface area (Å²) in [6.07, 6.45) is 3.57. The van der Waals surface area contributed by atoms with Crippen LogP contribution in [-0.4, -0.2) is 38.4 Å². The maximum absolute atomic E-state index is 9.16. The van der Waals surface area contributed by atoms with Crippen LogP contribution >= 0.6 is 0 Å². The largest absolute Gasteiger partial charge is 0.390 e. The van der Waals surface area contributed by atoms with Crippen LogP contribution in [0.25, 0.3) is 0 Å². The van der Waals surface area contributed by atoms with E-state index in [1.54, 1.807) is 4.68 Å². The normalized spacial score (nSPS) is 21.6. The van der Waals surface area contributed by atoms with Gasteiger partial charge in [0.25, 0.3) is 0 Å². The van der Waals surface area contributed by atoms with E-state index in [9.17, 15) is 0 Å². The second kappa shape index (κ2) is 5.19. The maximum Gasteiger partial charge on any atom is 0.0849 e. The van der Waals surface area contributed by atoms with Crippen molar-refractivity contribution in [1.82, 2.24) is 14.7 Å². The van der Waals surface area contributed by atoms with E-state index in [2.05, 4.69) is 23.8 Å². The molecule has 2 heterocycles. The van der Waals surface area contributed by atoms with Gasteiger partial charge in [0.2, 0.25) is 0 Å². The van der Waals surface area contributed by atoms with Gasteiger partial charge in [-0.2, -0.15) is 5.10 Å². The average Bonchev–Trinajstić information content (AvgIpc) is 2.85. The Morgan fingerprint density at radius 3 is 2.88 bits per heavy atom. The maximum atomic E-state index is 9.16. The second-order valence-electron chi connectivity index (χ2n) is 5.24. The highest BCUT2D eigenvalue weighted by Crippen LogP contribution is 2.23. The summed E-state index contributed by atoms with van der Waals surface area (Å²) < 4.78 is 1.78. The highest BCUT2D eigenvalue weighted by molar-refractivity contribution is 5.11. The van der Waals surface area contributed by atoms with Crippen LogP contribution in [0.4, 0.5) is 0 Å². The molecule has 1 unspecified atom stereocenters. The van der Waals surface area contributed by atoms with Crippen LogP contribution in [0.15, 0.2) is 6.07 Å². The Balaban J connectivity index is 2.04. The third-order valence-electron chi connectivity index (χ3n) is 3.72. The molecule has 0 radical (unpaired) electrons. The lowest BCUT2D eigenvalue weighted by Gasteiger charge is -2.27. The van der Waals surface area contributed by atoms with Crippen molar-refractivity contribution in [2.75, 3.05) is 6.54 Å². The summed E-state index contributed by atoms with van der Waals surface area (Å²) >= 11 is 0. The minimum absolute atomic E-state index is 0.0715. The number of hydrogen-bond acceptors (Lipinski definition) is 3. The van der Waals surface area contributed by atoms with E-state index in [1.807, 2.05) is 13.1 Å². The van der Waals surface area contributed by atoms with Crippen LogP contribution in [0.3, 0.4) is 0 Å². The van der Waals surface area contributed by atoms with Crippen molar-refractivity contribution in [1.29, 1.82) is 0 Å². The summed E-state index contributed by atoms with van der Waals surface area (Å²) in [7, 11) is 1.89. The Hall–Kier alpha value is -0.870. The SMILES string of the molecule is CC(C)N1CCCC1Cc1cc(CO)n(C)n1. The van der Waals surface area contributed by atoms with Crippen LogP contribution in [0.2, 0.25) is 0 Å². The highest BCUT2D eigenvalue weighted by Gasteiger charge is 2.27. The molecule has 0 spiro atoms. The number of rotatable bonds is 4. The van der Waals surface area contributed by atoms with Crippen LogP contribution in [0.5, 0.6) is 0 Å². The first-order valence-electron chi connectivity index (χ1n) is 6.50. The number of likely N-dealkylation sites (tertiary alicyclic amines) is 1. The fourth-order valence-electron chi connectivity index (χ4n) is 2.82. The molecule has 4 heteroatoms. The predicted molar refractivity (Wildman–Crippen MR) is 67.7 cm³/mol. The molecule has 0 aliphatic carbocycles. The molecule has 96 valence electrons. The summed E-state index contributed by atoms with van der Waals surface area (Å²) in [5.41, 5.74) is 2.00. The van der Waals surface area contributed by atoms with Gasteiger partial charge >= 0.3 is 0 Å². The van der Waals surface area contributed by atoms with E-state index in [1.165, 1.54) is 19.4 Å². The Labute approximate surface area is 103 Å². The van der Waals surface area contributed by atoms with Crippen molar-refractivity contribution < 1.29 is 5.11 Å². The Morgan fingerprint density at radius 2 is 2.29 bits per heavy atom. The zero-order chi connectivity index (χ0) is 12.4. The minimum Gasteiger partial charge on any atom is -0.390 e. The van der Waals surface area contributed by atoms with Crippen LogP contribution in [-0.2, 0) is 20.1 Å². The quantitative estimate of drug-likeness (QED) is 0.859. The molecule has 1 aromatic heterocycles. The molecule has 1 N–H and O–H groups in total. The van der Waals surface area contributed by atoms with Crippen LogP contribution in [0.1, 0.15) is 38.1 Å². The first kappa shape index (κ1) is 12.6. The number of aryl methyl sites for hydroxylation is 1. The van der Waals surface area contributed by atoms with Gasteiger partial charge < -0.3 is 5.11 Å². The molecule has 0 bridgehead atoms. The van der Waals surface area contributed by atoms with E-state index in [-0.39, 0.29) is 6.61 Å². The first-order chi connectivity index (χ1) is 8.11. The standard InChI is InChI=1S/C13H23N3O/c1-10(2)16-6-4-5-12(16)7-11-8-13(9-17)15(3)14-11/h8,10,12,17H,4-7,9H2,1-3H3. The summed E-state index contributed by atoms with van der Waals surface area (Å²) in [5, 5.41) is 13.6. The third kappa shape index (κ3) is 2.69. The molecular weight excluding hydrogens is 214 g/mol. The van der Waals surface area contributed by atoms with Gasteiger partial charge in [0.15, 0.2) is 0 Å². The molecule has 1 saturated heterocycles. The van der Waals surface area contributed by atoms with Gasteiger partial charge in [-0.3, -0.25) is 9.58 Å². The highest BCUT2D eigenvalue weighted by atomic mass is 16.3. The van der Waals surface area contributed by atoms with E-state index in [0.29, 0.717) is 12.1 Å². The second-order valence-corrected chi connectivity index (χ2v) is 5.24. The monoisotopic (exact) mass is 237 g/mol. The van der Waals surface area contributed by atoms with Gasteiger partial charge in [-0.1, -0.05) is 0 Å². The van der Waals surface area contributed by atoms with Crippen molar-refractivity contribution in [2.24, 2.45) is 7.05 Å². The average molecular weight is 237 g/mol. The molecule has 2 rings (SSSR count). The van der Waals surface area contributed by atoms with Gasteiger partial charge in [0.1, 0.15) is 0 Å². The fourth-order valence-corrected chi connectivity index (χ4v) is 2.82. The first-order valence-corrected chi connectivity index (χ1v) is 6.50. The fraction of sp³-hybridized carbons (Fsp3) is 0.769. The molecule has 1 aromatic rings. The molecule has 1 aliphatic heterocycles. The number of nitrogens with zero attached hydrogens (tertiary/aromatic N) is 3. The van der Waals surface area contributed by atoms with Gasteiger partial charge in [-0.15, -0.1) is 0 Å². The Bertz CT molecular complexity index is 373. The smallest absolute Gasteiger partial charge is 0.0849 e. The number of aliphatic hydroxyl groups is 1. The molecule has 0 saturated carbocycles. The molecule has 17 heavy (non-hydrogen) atoms. The summed E-state index contributed by atoms with van der Waals surface area (Å²) in [6.45, 7) is 5.80. The number of aromatic nitrogens is 2. The van der Waals surface area contributed by atoms with Crippen molar-refractivity contribution in [3.8, 4) is 0 Å². The topological polar surface area (TPSA) is 41.3 Å². The van der Waals surface area contributed by atoms with E-state index >= 15 is 0 Å². The lowest BCUT2D eigenvalue weighted by atomic mass is 10.1. The van der Waals surface area contributed by atoms with Crippen molar-refractivity contribution in [2.45, 2.75) is 51.8 Å². The third-order valence-corrected chi connectivity index (χ3v) is 3.72. The molecule has 1 atom stereocenters. The van der Waals surface area contributed by atoms with Gasteiger partial charge in [-0.05, 0) is 39.3 Å². The minimum atomic E-state index is 0.0715. The van der Waals surface area contributed by atoms with Gasteiger partial charge in [-0.25, -0.2) is 0 Å². The predicted octanol–water partition coefficient (Wildman–Crippen LogP) is 1.33. The van der Waals surface area contributed by atoms with E-state index < -0.39 is 0 Å². The van der Waals surface area contributed by atoms with Crippen LogP contribution in [0, 0.1) is 0 Å². The van der Waals surface area contributed by atoms with Crippen LogP contribution < -0.4 is 0 Å². The molecule has 4 nitrogen and oxygen atoms in total. The van der Waals surface area contributed by atoms with E-state index in [0.717, 1.165) is 17.8 Å².